The van der Waals surface area contributed by atoms with Crippen LogP contribution >= 0.6 is 0 Å². The molecule has 1 saturated heterocycles. The van der Waals surface area contributed by atoms with Crippen LogP contribution in [0.15, 0.2) is 6.20 Å². The molecule has 0 radical (unpaired) electrons. The van der Waals surface area contributed by atoms with Gasteiger partial charge in [0.15, 0.2) is 0 Å². The number of nitrogens with zero attached hydrogens (tertiary/aromatic N) is 2. The summed E-state index contributed by atoms with van der Waals surface area (Å²) in [5.74, 6) is 0.830. The van der Waals surface area contributed by atoms with Crippen LogP contribution < -0.4 is 5.46 Å². The molecule has 0 spiro atoms. The van der Waals surface area contributed by atoms with E-state index in [0.717, 1.165) is 17.8 Å². The van der Waals surface area contributed by atoms with Crippen molar-refractivity contribution in [2.24, 2.45) is 13.0 Å². The molecule has 1 aliphatic carbocycles. The molecule has 1 aliphatic heterocycles. The summed E-state index contributed by atoms with van der Waals surface area (Å²) in [7, 11) is 1.72. The predicted octanol–water partition coefficient (Wildman–Crippen LogP) is 1.67. The molecule has 0 bridgehead atoms. The van der Waals surface area contributed by atoms with Crippen LogP contribution in [0.4, 0.5) is 0 Å². The maximum absolute atomic E-state index is 6.13. The summed E-state index contributed by atoms with van der Waals surface area (Å²) in [6, 6.07) is 0. The lowest BCUT2D eigenvalue weighted by atomic mass is 9.78. The largest absolute Gasteiger partial charge is 0.498 e. The summed E-state index contributed by atoms with van der Waals surface area (Å²) in [6.45, 7) is 8.35. The Hall–Kier alpha value is -0.805. The molecule has 4 nitrogen and oxygen atoms in total. The van der Waals surface area contributed by atoms with Gasteiger partial charge in [-0.3, -0.25) is 4.68 Å². The van der Waals surface area contributed by atoms with Gasteiger partial charge in [0, 0.05) is 24.4 Å². The highest BCUT2D eigenvalue weighted by Gasteiger charge is 2.52. The van der Waals surface area contributed by atoms with Crippen molar-refractivity contribution >= 4 is 12.6 Å². The third kappa shape index (κ3) is 2.23. The first-order valence-corrected chi connectivity index (χ1v) is 7.16. The van der Waals surface area contributed by atoms with E-state index >= 15 is 0 Å². The van der Waals surface area contributed by atoms with Gasteiger partial charge in [0.1, 0.15) is 0 Å². The fourth-order valence-corrected chi connectivity index (χ4v) is 2.49. The number of hydrogen-bond donors (Lipinski definition) is 0. The molecule has 104 valence electrons. The maximum Gasteiger partial charge on any atom is 0.498 e. The summed E-state index contributed by atoms with van der Waals surface area (Å²) < 4.78 is 14.2. The van der Waals surface area contributed by atoms with E-state index < -0.39 is 0 Å². The minimum absolute atomic E-state index is 0.285. The first-order chi connectivity index (χ1) is 8.80. The Labute approximate surface area is 115 Å². The second kappa shape index (κ2) is 4.09. The Morgan fingerprint density at radius 3 is 2.37 bits per heavy atom. The van der Waals surface area contributed by atoms with Gasteiger partial charge >= 0.3 is 7.12 Å². The second-order valence-corrected chi connectivity index (χ2v) is 6.91. The van der Waals surface area contributed by atoms with Crippen molar-refractivity contribution in [1.82, 2.24) is 9.78 Å². The standard InChI is InChI=1S/C14H23BN2O2/c1-13(2)14(3,4)19-15(18-13)11-9-16-17(5)12(11)8-10-6-7-10/h9-10H,6-8H2,1-5H3. The van der Waals surface area contributed by atoms with Crippen LogP contribution in [-0.4, -0.2) is 28.1 Å². The van der Waals surface area contributed by atoms with E-state index in [1.54, 1.807) is 0 Å². The highest BCUT2D eigenvalue weighted by molar-refractivity contribution is 6.62. The Bertz CT molecular complexity index is 476. The summed E-state index contributed by atoms with van der Waals surface area (Å²) in [5, 5.41) is 4.39. The minimum Gasteiger partial charge on any atom is -0.399 e. The molecule has 1 aromatic heterocycles. The fourth-order valence-electron chi connectivity index (χ4n) is 2.49. The average molecular weight is 262 g/mol. The molecule has 3 rings (SSSR count). The van der Waals surface area contributed by atoms with Crippen LogP contribution in [0, 0.1) is 5.92 Å². The van der Waals surface area contributed by atoms with Gasteiger partial charge in [-0.2, -0.15) is 5.10 Å². The third-order valence-corrected chi connectivity index (χ3v) is 4.78. The summed E-state index contributed by atoms with van der Waals surface area (Å²) in [5.41, 5.74) is 1.79. The van der Waals surface area contributed by atoms with Crippen molar-refractivity contribution in [3.63, 3.8) is 0 Å². The monoisotopic (exact) mass is 262 g/mol. The molecule has 2 aliphatic rings. The normalized spacial score (nSPS) is 25.0. The highest BCUT2D eigenvalue weighted by Crippen LogP contribution is 2.37. The lowest BCUT2D eigenvalue weighted by Gasteiger charge is -2.32. The van der Waals surface area contributed by atoms with Crippen molar-refractivity contribution < 1.29 is 9.31 Å². The Morgan fingerprint density at radius 2 is 1.84 bits per heavy atom. The minimum atomic E-state index is -0.287. The molecular weight excluding hydrogens is 239 g/mol. The summed E-state index contributed by atoms with van der Waals surface area (Å²) in [6.07, 6.45) is 5.68. The molecule has 0 aromatic carbocycles. The van der Waals surface area contributed by atoms with E-state index in [4.69, 9.17) is 9.31 Å². The van der Waals surface area contributed by atoms with Crippen molar-refractivity contribution in [1.29, 1.82) is 0 Å². The highest BCUT2D eigenvalue weighted by atomic mass is 16.7. The molecule has 2 fully saturated rings. The number of hydrogen-bond acceptors (Lipinski definition) is 3. The predicted molar refractivity (Wildman–Crippen MR) is 75.4 cm³/mol. The Kier molecular flexibility index (Phi) is 2.84. The van der Waals surface area contributed by atoms with E-state index in [1.807, 2.05) is 17.9 Å². The molecule has 0 unspecified atom stereocenters. The summed E-state index contributed by atoms with van der Waals surface area (Å²) >= 11 is 0. The zero-order valence-electron chi connectivity index (χ0n) is 12.6. The van der Waals surface area contributed by atoms with Crippen molar-refractivity contribution in [2.45, 2.75) is 58.2 Å². The molecule has 0 amide bonds. The maximum atomic E-state index is 6.13. The molecular formula is C14H23BN2O2. The number of aryl methyl sites for hydroxylation is 1. The lowest BCUT2D eigenvalue weighted by molar-refractivity contribution is 0.00578. The van der Waals surface area contributed by atoms with Gasteiger partial charge in [0.05, 0.1) is 11.2 Å². The van der Waals surface area contributed by atoms with Crippen molar-refractivity contribution in [3.8, 4) is 0 Å². The fraction of sp³-hybridized carbons (Fsp3) is 0.786. The van der Waals surface area contributed by atoms with Gasteiger partial charge < -0.3 is 9.31 Å². The molecule has 5 heteroatoms. The zero-order valence-corrected chi connectivity index (χ0v) is 12.6. The average Bonchev–Trinajstić information content (AvgIpc) is 2.97. The van der Waals surface area contributed by atoms with Gasteiger partial charge in [-0.25, -0.2) is 0 Å². The first kappa shape index (κ1) is 13.2. The molecule has 0 N–H and O–H groups in total. The molecule has 2 heterocycles. The molecule has 1 saturated carbocycles. The first-order valence-electron chi connectivity index (χ1n) is 7.16. The third-order valence-electron chi connectivity index (χ3n) is 4.78. The Morgan fingerprint density at radius 1 is 1.26 bits per heavy atom. The van der Waals surface area contributed by atoms with E-state index in [9.17, 15) is 0 Å². The van der Waals surface area contributed by atoms with Crippen molar-refractivity contribution in [2.75, 3.05) is 0 Å². The van der Waals surface area contributed by atoms with Crippen molar-refractivity contribution in [3.05, 3.63) is 11.9 Å². The van der Waals surface area contributed by atoms with Crippen LogP contribution in [0.1, 0.15) is 46.2 Å². The Balaban J connectivity index is 1.87. The van der Waals surface area contributed by atoms with E-state index in [2.05, 4.69) is 32.8 Å². The van der Waals surface area contributed by atoms with E-state index in [1.165, 1.54) is 18.5 Å². The SMILES string of the molecule is Cn1ncc(B2OC(C)(C)C(C)(C)O2)c1CC1CC1. The van der Waals surface area contributed by atoms with E-state index in [-0.39, 0.29) is 18.3 Å². The number of aromatic nitrogens is 2. The van der Waals surface area contributed by atoms with Gasteiger partial charge in [0.2, 0.25) is 0 Å². The number of rotatable bonds is 3. The van der Waals surface area contributed by atoms with Crippen LogP contribution in [0.25, 0.3) is 0 Å². The summed E-state index contributed by atoms with van der Waals surface area (Å²) in [4.78, 5) is 0. The van der Waals surface area contributed by atoms with Crippen LogP contribution in [0.5, 0.6) is 0 Å². The lowest BCUT2D eigenvalue weighted by Crippen LogP contribution is -2.41. The topological polar surface area (TPSA) is 36.3 Å². The molecule has 19 heavy (non-hydrogen) atoms. The van der Waals surface area contributed by atoms with E-state index in [0.29, 0.717) is 0 Å². The smallest absolute Gasteiger partial charge is 0.399 e. The van der Waals surface area contributed by atoms with Gasteiger partial charge in [-0.1, -0.05) is 0 Å². The second-order valence-electron chi connectivity index (χ2n) is 6.91. The van der Waals surface area contributed by atoms with Gasteiger partial charge in [-0.15, -0.1) is 0 Å². The van der Waals surface area contributed by atoms with Crippen LogP contribution in [0.2, 0.25) is 0 Å². The zero-order chi connectivity index (χ0) is 13.8. The van der Waals surface area contributed by atoms with Crippen LogP contribution in [0.3, 0.4) is 0 Å². The van der Waals surface area contributed by atoms with Gasteiger partial charge in [0.25, 0.3) is 0 Å². The molecule has 0 atom stereocenters. The molecule has 1 aromatic rings. The van der Waals surface area contributed by atoms with Gasteiger partial charge in [-0.05, 0) is 52.9 Å². The van der Waals surface area contributed by atoms with Crippen LogP contribution in [-0.2, 0) is 22.8 Å². The quantitative estimate of drug-likeness (QED) is 0.777.